The molecule has 2 N–H and O–H groups in total. The minimum absolute atomic E-state index is 0.0878. The summed E-state index contributed by atoms with van der Waals surface area (Å²) in [7, 11) is -2.24. The average molecular weight is 721 g/mol. The SMILES string of the molecule is CCCN(CCC)NC1CCC(NCc2ccc(C(=O)N(Cc3nccn3S(=O)(=O)N(C)C)Cc3nccn3S(=O)(=O)N(C)C)cc2)CC1. The molecule has 0 unspecified atom stereocenters. The van der Waals surface area contributed by atoms with E-state index < -0.39 is 26.3 Å². The maximum absolute atomic E-state index is 14.0. The average Bonchev–Trinajstić information content (AvgIpc) is 3.75. The lowest BCUT2D eigenvalue weighted by Crippen LogP contribution is -2.48. The second-order valence-electron chi connectivity index (χ2n) is 12.8. The van der Waals surface area contributed by atoms with Crippen LogP contribution in [0.25, 0.3) is 0 Å². The molecule has 0 bridgehead atoms. The van der Waals surface area contributed by atoms with Gasteiger partial charge in [0.05, 0.1) is 13.1 Å². The number of nitrogens with one attached hydrogen (secondary N) is 2. The minimum atomic E-state index is -3.93. The number of hydrazine groups is 1. The van der Waals surface area contributed by atoms with Crippen molar-refractivity contribution in [2.75, 3.05) is 41.3 Å². The molecular formula is C32H52N10O5S2. The van der Waals surface area contributed by atoms with Crippen LogP contribution in [0.15, 0.2) is 49.1 Å². The van der Waals surface area contributed by atoms with Crippen molar-refractivity contribution >= 4 is 26.3 Å². The van der Waals surface area contributed by atoms with Crippen molar-refractivity contribution in [2.45, 2.75) is 84.1 Å². The monoisotopic (exact) mass is 720 g/mol. The van der Waals surface area contributed by atoms with Crippen LogP contribution in [-0.2, 0) is 40.1 Å². The molecule has 1 amide bonds. The van der Waals surface area contributed by atoms with Gasteiger partial charge in [-0.3, -0.25) is 10.2 Å². The molecule has 2 aromatic heterocycles. The zero-order valence-corrected chi connectivity index (χ0v) is 31.1. The number of nitrogens with zero attached hydrogens (tertiary/aromatic N) is 8. The number of hydrogen-bond acceptors (Lipinski definition) is 10. The van der Waals surface area contributed by atoms with Crippen molar-refractivity contribution in [3.8, 4) is 0 Å². The van der Waals surface area contributed by atoms with Gasteiger partial charge in [0.2, 0.25) is 0 Å². The lowest BCUT2D eigenvalue weighted by molar-refractivity contribution is 0.0720. The Labute approximate surface area is 291 Å². The molecule has 1 fully saturated rings. The van der Waals surface area contributed by atoms with Gasteiger partial charge in [-0.15, -0.1) is 0 Å². The molecule has 272 valence electrons. The van der Waals surface area contributed by atoms with Crippen LogP contribution in [0, 0.1) is 0 Å². The summed E-state index contributed by atoms with van der Waals surface area (Å²) < 4.78 is 56.0. The van der Waals surface area contributed by atoms with Crippen molar-refractivity contribution in [1.82, 2.24) is 47.2 Å². The van der Waals surface area contributed by atoms with Crippen LogP contribution < -0.4 is 10.7 Å². The fourth-order valence-corrected chi connectivity index (χ4v) is 7.72. The topological polar surface area (TPSA) is 158 Å². The zero-order chi connectivity index (χ0) is 35.8. The first-order valence-corrected chi connectivity index (χ1v) is 19.6. The highest BCUT2D eigenvalue weighted by molar-refractivity contribution is 7.87. The standard InChI is InChI=1S/C32H52N10O5S2/c1-7-19-40(20-8-2)36-29-15-13-28(14-16-29)35-23-26-9-11-27(12-10-26)32(43)39(24-30-33-17-21-41(30)48(44,45)37(3)4)25-31-34-18-22-42(31)49(46,47)38(5)6/h9-12,17-18,21-22,28-29,35-36H,7-8,13-16,19-20,23-25H2,1-6H3. The second kappa shape index (κ2) is 17.2. The molecule has 0 atom stereocenters. The Bertz CT molecular complexity index is 1630. The summed E-state index contributed by atoms with van der Waals surface area (Å²) in [6.45, 7) is 6.77. The number of carbonyl (C=O) groups excluding carboxylic acids is 1. The van der Waals surface area contributed by atoms with Gasteiger partial charge in [0.1, 0.15) is 11.6 Å². The first-order valence-electron chi connectivity index (χ1n) is 16.8. The molecule has 15 nitrogen and oxygen atoms in total. The van der Waals surface area contributed by atoms with Gasteiger partial charge in [-0.05, 0) is 56.2 Å². The Morgan fingerprint density at radius 3 is 1.69 bits per heavy atom. The summed E-state index contributed by atoms with van der Waals surface area (Å²) in [5.41, 5.74) is 5.12. The Morgan fingerprint density at radius 2 is 1.24 bits per heavy atom. The summed E-state index contributed by atoms with van der Waals surface area (Å²) in [5.74, 6) is -0.256. The third-order valence-corrected chi connectivity index (χ3v) is 12.1. The molecule has 3 aromatic rings. The largest absolute Gasteiger partial charge is 0.324 e. The highest BCUT2D eigenvalue weighted by Gasteiger charge is 2.28. The lowest BCUT2D eigenvalue weighted by atomic mass is 9.91. The molecule has 0 spiro atoms. The predicted molar refractivity (Wildman–Crippen MR) is 189 cm³/mol. The van der Waals surface area contributed by atoms with Crippen molar-refractivity contribution in [1.29, 1.82) is 0 Å². The van der Waals surface area contributed by atoms with E-state index >= 15 is 0 Å². The zero-order valence-electron chi connectivity index (χ0n) is 29.5. The third kappa shape index (κ3) is 9.74. The molecule has 4 rings (SSSR count). The highest BCUT2D eigenvalue weighted by atomic mass is 32.2. The molecule has 0 saturated heterocycles. The number of amides is 1. The summed E-state index contributed by atoms with van der Waals surface area (Å²) in [4.78, 5) is 23.8. The van der Waals surface area contributed by atoms with Crippen molar-refractivity contribution in [2.24, 2.45) is 0 Å². The van der Waals surface area contributed by atoms with Crippen molar-refractivity contribution in [3.63, 3.8) is 0 Å². The van der Waals surface area contributed by atoms with Crippen LogP contribution in [0.3, 0.4) is 0 Å². The fraction of sp³-hybridized carbons (Fsp3) is 0.594. The van der Waals surface area contributed by atoms with Gasteiger partial charge in [0.15, 0.2) is 0 Å². The van der Waals surface area contributed by atoms with E-state index in [4.69, 9.17) is 0 Å². The van der Waals surface area contributed by atoms with E-state index in [-0.39, 0.29) is 24.7 Å². The summed E-state index contributed by atoms with van der Waals surface area (Å²) in [5, 5.41) is 6.03. The maximum Gasteiger partial charge on any atom is 0.308 e. The van der Waals surface area contributed by atoms with Crippen LogP contribution >= 0.6 is 0 Å². The van der Waals surface area contributed by atoms with E-state index in [9.17, 15) is 21.6 Å². The molecule has 49 heavy (non-hydrogen) atoms. The van der Waals surface area contributed by atoms with Gasteiger partial charge in [-0.2, -0.15) is 25.4 Å². The summed E-state index contributed by atoms with van der Waals surface area (Å²) in [6.07, 6.45) is 12.0. The molecule has 1 aromatic carbocycles. The van der Waals surface area contributed by atoms with Gasteiger partial charge in [-0.25, -0.2) is 22.9 Å². The van der Waals surface area contributed by atoms with Gasteiger partial charge in [-0.1, -0.05) is 26.0 Å². The van der Waals surface area contributed by atoms with Gasteiger partial charge >= 0.3 is 20.4 Å². The normalized spacial score (nSPS) is 17.3. The van der Waals surface area contributed by atoms with Gasteiger partial charge in [0, 0.05) is 90.3 Å². The molecule has 1 aliphatic rings. The Hall–Kier alpha value is -3.19. The first-order chi connectivity index (χ1) is 23.3. The quantitative estimate of drug-likeness (QED) is 0.187. The Balaban J connectivity index is 1.46. The van der Waals surface area contributed by atoms with E-state index in [1.165, 1.54) is 57.9 Å². The lowest BCUT2D eigenvalue weighted by Gasteiger charge is -2.34. The molecule has 2 heterocycles. The molecule has 0 aliphatic heterocycles. The van der Waals surface area contributed by atoms with Gasteiger partial charge < -0.3 is 10.2 Å². The minimum Gasteiger partial charge on any atom is -0.324 e. The van der Waals surface area contributed by atoms with E-state index in [0.717, 1.165) is 73.7 Å². The second-order valence-corrected chi connectivity index (χ2v) is 16.8. The summed E-state index contributed by atoms with van der Waals surface area (Å²) in [6, 6.07) is 8.18. The Morgan fingerprint density at radius 1 is 0.776 bits per heavy atom. The number of imidazole rings is 2. The molecule has 1 saturated carbocycles. The summed E-state index contributed by atoms with van der Waals surface area (Å²) >= 11 is 0. The van der Waals surface area contributed by atoms with Crippen molar-refractivity contribution < 1.29 is 21.6 Å². The van der Waals surface area contributed by atoms with Crippen LogP contribution in [0.5, 0.6) is 0 Å². The molecule has 0 radical (unpaired) electrons. The predicted octanol–water partition coefficient (Wildman–Crippen LogP) is 2.26. The van der Waals surface area contributed by atoms with E-state index in [1.807, 2.05) is 12.1 Å². The third-order valence-electron chi connectivity index (χ3n) is 8.61. The Kier molecular flexibility index (Phi) is 13.5. The first kappa shape index (κ1) is 38.6. The smallest absolute Gasteiger partial charge is 0.308 e. The molecule has 17 heteroatoms. The number of aromatic nitrogens is 4. The fourth-order valence-electron chi connectivity index (χ4n) is 5.86. The van der Waals surface area contributed by atoms with Crippen LogP contribution in [0.4, 0.5) is 0 Å². The van der Waals surface area contributed by atoms with Crippen LogP contribution in [-0.4, -0.2) is 113 Å². The van der Waals surface area contributed by atoms with E-state index in [2.05, 4.69) is 39.6 Å². The highest BCUT2D eigenvalue weighted by Crippen LogP contribution is 2.21. The van der Waals surface area contributed by atoms with E-state index in [1.54, 1.807) is 12.1 Å². The molecule has 1 aliphatic carbocycles. The number of hydrogen-bond donors (Lipinski definition) is 2. The molecular weight excluding hydrogens is 669 g/mol. The van der Waals surface area contributed by atoms with Gasteiger partial charge in [0.25, 0.3) is 5.91 Å². The van der Waals surface area contributed by atoms with Crippen molar-refractivity contribution in [3.05, 3.63) is 71.8 Å². The number of carbonyl (C=O) groups is 1. The van der Waals surface area contributed by atoms with E-state index in [0.29, 0.717) is 24.2 Å². The number of rotatable bonds is 18. The van der Waals surface area contributed by atoms with Crippen LogP contribution in [0.1, 0.15) is 79.9 Å². The number of benzene rings is 1. The van der Waals surface area contributed by atoms with Crippen LogP contribution in [0.2, 0.25) is 0 Å². The maximum atomic E-state index is 14.0.